The van der Waals surface area contributed by atoms with Crippen molar-refractivity contribution in [2.45, 2.75) is 26.2 Å². The number of rotatable bonds is 6. The Balaban J connectivity index is 2.43. The zero-order valence-corrected chi connectivity index (χ0v) is 11.8. The second-order valence-electron chi connectivity index (χ2n) is 4.76. The molecule has 102 valence electrons. The van der Waals surface area contributed by atoms with Crippen LogP contribution in [0.1, 0.15) is 42.1 Å². The second kappa shape index (κ2) is 7.52. The highest BCUT2D eigenvalue weighted by Crippen LogP contribution is 2.09. The minimum atomic E-state index is 0.0758. The summed E-state index contributed by atoms with van der Waals surface area (Å²) in [5, 5.41) is 0. The predicted octanol–water partition coefficient (Wildman–Crippen LogP) is 3.16. The number of nitrogens with zero attached hydrogens (tertiary/aromatic N) is 1. The van der Waals surface area contributed by atoms with Crippen molar-refractivity contribution in [1.82, 2.24) is 4.90 Å². The molecule has 1 aromatic rings. The lowest BCUT2D eigenvalue weighted by Crippen LogP contribution is -2.20. The maximum Gasteiger partial charge on any atom is 0.222 e. The molecule has 19 heavy (non-hydrogen) atoms. The van der Waals surface area contributed by atoms with E-state index < -0.39 is 0 Å². The van der Waals surface area contributed by atoms with Crippen LogP contribution in [-0.4, -0.2) is 30.7 Å². The molecule has 0 aromatic heterocycles. The van der Waals surface area contributed by atoms with Crippen LogP contribution in [0.2, 0.25) is 0 Å². The summed E-state index contributed by atoms with van der Waals surface area (Å²) in [5.41, 5.74) is 1.75. The van der Waals surface area contributed by atoms with Gasteiger partial charge in [0.25, 0.3) is 0 Å². The molecule has 0 N–H and O–H groups in total. The van der Waals surface area contributed by atoms with E-state index >= 15 is 0 Å². The fourth-order valence-electron chi connectivity index (χ4n) is 1.68. The molecular formula is C16H21NO2. The van der Waals surface area contributed by atoms with Gasteiger partial charge in [0.05, 0.1) is 0 Å². The lowest BCUT2D eigenvalue weighted by molar-refractivity contribution is -0.128. The Hall–Kier alpha value is -1.90. The van der Waals surface area contributed by atoms with Crippen molar-refractivity contribution in [3.8, 4) is 0 Å². The van der Waals surface area contributed by atoms with Crippen molar-refractivity contribution in [2.75, 3.05) is 14.1 Å². The van der Waals surface area contributed by atoms with Crippen molar-refractivity contribution in [3.63, 3.8) is 0 Å². The van der Waals surface area contributed by atoms with E-state index in [1.165, 1.54) is 0 Å². The van der Waals surface area contributed by atoms with E-state index in [0.717, 1.165) is 24.0 Å². The first kappa shape index (κ1) is 15.2. The summed E-state index contributed by atoms with van der Waals surface area (Å²) in [4.78, 5) is 24.2. The summed E-state index contributed by atoms with van der Waals surface area (Å²) in [5.74, 6) is 0.235. The lowest BCUT2D eigenvalue weighted by Gasteiger charge is -2.08. The Kier molecular flexibility index (Phi) is 6.00. The summed E-state index contributed by atoms with van der Waals surface area (Å²) in [6.07, 6.45) is 6.32. The molecule has 0 aliphatic carbocycles. The van der Waals surface area contributed by atoms with Gasteiger partial charge in [0.2, 0.25) is 5.91 Å². The Morgan fingerprint density at radius 2 is 2.00 bits per heavy atom. The Morgan fingerprint density at radius 3 is 2.63 bits per heavy atom. The predicted molar refractivity (Wildman–Crippen MR) is 78.0 cm³/mol. The van der Waals surface area contributed by atoms with E-state index in [4.69, 9.17) is 0 Å². The molecule has 0 aliphatic rings. The smallest absolute Gasteiger partial charge is 0.222 e. The van der Waals surface area contributed by atoms with Gasteiger partial charge in [0, 0.05) is 26.1 Å². The van der Waals surface area contributed by atoms with E-state index in [1.807, 2.05) is 36.4 Å². The number of allylic oxidation sites excluding steroid dienone is 1. The summed E-state index contributed by atoms with van der Waals surface area (Å²) in [6.45, 7) is 1.57. The highest BCUT2D eigenvalue weighted by molar-refractivity contribution is 5.94. The molecule has 0 heterocycles. The van der Waals surface area contributed by atoms with Crippen molar-refractivity contribution >= 4 is 17.8 Å². The summed E-state index contributed by atoms with van der Waals surface area (Å²) < 4.78 is 0. The van der Waals surface area contributed by atoms with Gasteiger partial charge < -0.3 is 4.90 Å². The Morgan fingerprint density at radius 1 is 1.26 bits per heavy atom. The van der Waals surface area contributed by atoms with Gasteiger partial charge in [-0.05, 0) is 31.4 Å². The third-order valence-corrected chi connectivity index (χ3v) is 2.86. The van der Waals surface area contributed by atoms with Crippen LogP contribution >= 0.6 is 0 Å². The summed E-state index contributed by atoms with van der Waals surface area (Å²) >= 11 is 0. The first-order valence-electron chi connectivity index (χ1n) is 6.48. The Labute approximate surface area is 114 Å². The van der Waals surface area contributed by atoms with Crippen LogP contribution in [0.4, 0.5) is 0 Å². The van der Waals surface area contributed by atoms with Gasteiger partial charge >= 0.3 is 0 Å². The Bertz CT molecular complexity index is 475. The maximum absolute atomic E-state index is 11.4. The number of carbonyl (C=O) groups is 2. The van der Waals surface area contributed by atoms with E-state index in [9.17, 15) is 9.59 Å². The van der Waals surface area contributed by atoms with Crippen LogP contribution in [0.5, 0.6) is 0 Å². The average molecular weight is 259 g/mol. The van der Waals surface area contributed by atoms with Gasteiger partial charge in [-0.2, -0.15) is 0 Å². The van der Waals surface area contributed by atoms with Crippen molar-refractivity contribution in [1.29, 1.82) is 0 Å². The molecule has 1 aromatic carbocycles. The van der Waals surface area contributed by atoms with Gasteiger partial charge in [-0.25, -0.2) is 0 Å². The largest absolute Gasteiger partial charge is 0.349 e. The molecule has 0 saturated heterocycles. The van der Waals surface area contributed by atoms with Crippen LogP contribution in [0.15, 0.2) is 30.3 Å². The molecular weight excluding hydrogens is 238 g/mol. The number of ketones is 1. The summed E-state index contributed by atoms with van der Waals surface area (Å²) in [7, 11) is 3.54. The third-order valence-electron chi connectivity index (χ3n) is 2.86. The van der Waals surface area contributed by atoms with Gasteiger partial charge in [-0.3, -0.25) is 9.59 Å². The molecule has 0 unspecified atom stereocenters. The summed E-state index contributed by atoms with van der Waals surface area (Å²) in [6, 6.07) is 7.54. The van der Waals surface area contributed by atoms with Crippen molar-refractivity contribution < 1.29 is 9.59 Å². The molecule has 0 saturated carbocycles. The van der Waals surface area contributed by atoms with Gasteiger partial charge in [-0.15, -0.1) is 0 Å². The third kappa shape index (κ3) is 5.51. The molecule has 0 atom stereocenters. The topological polar surface area (TPSA) is 37.4 Å². The fraction of sp³-hybridized carbons (Fsp3) is 0.375. The fourth-order valence-corrected chi connectivity index (χ4v) is 1.68. The highest BCUT2D eigenvalue weighted by atomic mass is 16.2. The van der Waals surface area contributed by atoms with Gasteiger partial charge in [0.15, 0.2) is 5.78 Å². The number of Topliss-reactive ketones (excluding diaryl/α,β-unsaturated/α-hetero) is 1. The SMILES string of the molecule is CC(=O)c1cccc(/C=C\CCCC(=O)N(C)C)c1. The molecule has 1 rings (SSSR count). The van der Waals surface area contributed by atoms with Crippen LogP contribution in [0, 0.1) is 0 Å². The number of hydrogen-bond acceptors (Lipinski definition) is 2. The normalized spacial score (nSPS) is 10.7. The minimum absolute atomic E-state index is 0.0758. The standard InChI is InChI=1S/C16H21NO2/c1-13(18)15-10-7-9-14(12-15)8-5-4-6-11-16(19)17(2)3/h5,7-10,12H,4,6,11H2,1-3H3/b8-5-. The van der Waals surface area contributed by atoms with Gasteiger partial charge in [0.1, 0.15) is 0 Å². The second-order valence-corrected chi connectivity index (χ2v) is 4.76. The van der Waals surface area contributed by atoms with E-state index in [0.29, 0.717) is 6.42 Å². The zero-order valence-electron chi connectivity index (χ0n) is 11.8. The number of hydrogen-bond donors (Lipinski definition) is 0. The number of carbonyl (C=O) groups excluding carboxylic acids is 2. The number of unbranched alkanes of at least 4 members (excludes halogenated alkanes) is 1. The molecule has 1 amide bonds. The van der Waals surface area contributed by atoms with Crippen LogP contribution in [0.25, 0.3) is 6.08 Å². The molecule has 3 nitrogen and oxygen atoms in total. The number of amides is 1. The molecule has 0 aliphatic heterocycles. The first-order valence-corrected chi connectivity index (χ1v) is 6.48. The maximum atomic E-state index is 11.4. The van der Waals surface area contributed by atoms with Crippen LogP contribution < -0.4 is 0 Å². The molecule has 3 heteroatoms. The zero-order chi connectivity index (χ0) is 14.3. The van der Waals surface area contributed by atoms with Crippen LogP contribution in [0.3, 0.4) is 0 Å². The average Bonchev–Trinajstić information content (AvgIpc) is 2.38. The van der Waals surface area contributed by atoms with E-state index in [1.54, 1.807) is 25.9 Å². The lowest BCUT2D eigenvalue weighted by atomic mass is 10.1. The van der Waals surface area contributed by atoms with E-state index in [-0.39, 0.29) is 11.7 Å². The molecule has 0 spiro atoms. The highest BCUT2D eigenvalue weighted by Gasteiger charge is 2.01. The van der Waals surface area contributed by atoms with Crippen molar-refractivity contribution in [2.24, 2.45) is 0 Å². The molecule has 0 bridgehead atoms. The minimum Gasteiger partial charge on any atom is -0.349 e. The molecule has 0 fully saturated rings. The van der Waals surface area contributed by atoms with E-state index in [2.05, 4.69) is 0 Å². The van der Waals surface area contributed by atoms with Gasteiger partial charge in [-0.1, -0.05) is 30.4 Å². The van der Waals surface area contributed by atoms with Crippen LogP contribution in [-0.2, 0) is 4.79 Å². The monoisotopic (exact) mass is 259 g/mol. The first-order chi connectivity index (χ1) is 9.00. The number of benzene rings is 1. The quantitative estimate of drug-likeness (QED) is 0.581. The van der Waals surface area contributed by atoms with Crippen molar-refractivity contribution in [3.05, 3.63) is 41.5 Å². The molecule has 0 radical (unpaired) electrons.